The lowest BCUT2D eigenvalue weighted by Crippen LogP contribution is -2.14. The van der Waals surface area contributed by atoms with E-state index in [-0.39, 0.29) is 5.91 Å². The Balaban J connectivity index is 1.94. The molecule has 0 fully saturated rings. The number of carbonyl (C=O) groups excluding carboxylic acids is 1. The largest absolute Gasteiger partial charge is 0.300 e. The molecule has 0 bridgehead atoms. The van der Waals surface area contributed by atoms with E-state index in [1.165, 1.54) is 11.3 Å². The second-order valence-corrected chi connectivity index (χ2v) is 5.20. The second kappa shape index (κ2) is 5.93. The third-order valence-electron chi connectivity index (χ3n) is 2.29. The van der Waals surface area contributed by atoms with Crippen molar-refractivity contribution in [2.75, 3.05) is 5.32 Å². The molecule has 0 aliphatic heterocycles. The minimum Gasteiger partial charge on any atom is -0.300 e. The third-order valence-corrected chi connectivity index (χ3v) is 3.53. The van der Waals surface area contributed by atoms with Crippen molar-refractivity contribution in [3.8, 4) is 0 Å². The van der Waals surface area contributed by atoms with E-state index >= 15 is 0 Å². The molecule has 4 nitrogen and oxygen atoms in total. The molecule has 2 aromatic rings. The number of nitrogens with zero attached hydrogens (tertiary/aromatic N) is 2. The van der Waals surface area contributed by atoms with E-state index < -0.39 is 0 Å². The molecule has 6 heteroatoms. The van der Waals surface area contributed by atoms with Crippen molar-refractivity contribution >= 4 is 34.0 Å². The van der Waals surface area contributed by atoms with Crippen molar-refractivity contribution in [3.63, 3.8) is 0 Å². The standard InChI is InChI=1S/C12H12ClN3OS/c1-2-11-15-16-12(18-11)14-10(17)7-8-3-5-9(13)6-4-8/h3-6H,2,7H2,1H3,(H,14,16,17). The molecular formula is C12H12ClN3OS. The molecule has 94 valence electrons. The highest BCUT2D eigenvalue weighted by molar-refractivity contribution is 7.15. The van der Waals surface area contributed by atoms with Crippen molar-refractivity contribution in [1.29, 1.82) is 0 Å². The number of hydrogen-bond acceptors (Lipinski definition) is 4. The van der Waals surface area contributed by atoms with Gasteiger partial charge in [-0.3, -0.25) is 4.79 Å². The summed E-state index contributed by atoms with van der Waals surface area (Å²) in [5.74, 6) is -0.101. The van der Waals surface area contributed by atoms with Gasteiger partial charge in [-0.1, -0.05) is 42.0 Å². The summed E-state index contributed by atoms with van der Waals surface area (Å²) in [6, 6.07) is 7.20. The van der Waals surface area contributed by atoms with Crippen molar-refractivity contribution < 1.29 is 4.79 Å². The topological polar surface area (TPSA) is 54.9 Å². The third kappa shape index (κ3) is 3.51. The highest BCUT2D eigenvalue weighted by Crippen LogP contribution is 2.16. The Labute approximate surface area is 114 Å². The molecule has 0 atom stereocenters. The number of rotatable bonds is 4. The smallest absolute Gasteiger partial charge is 0.230 e. The van der Waals surface area contributed by atoms with Gasteiger partial charge in [-0.2, -0.15) is 0 Å². The Morgan fingerprint density at radius 3 is 2.67 bits per heavy atom. The first-order valence-electron chi connectivity index (χ1n) is 5.54. The normalized spacial score (nSPS) is 10.3. The number of benzene rings is 1. The maximum absolute atomic E-state index is 11.8. The number of amides is 1. The van der Waals surface area contributed by atoms with Crippen LogP contribution in [-0.2, 0) is 17.6 Å². The SMILES string of the molecule is CCc1nnc(NC(=O)Cc2ccc(Cl)cc2)s1. The van der Waals surface area contributed by atoms with Gasteiger partial charge < -0.3 is 5.32 Å². The average molecular weight is 282 g/mol. The second-order valence-electron chi connectivity index (χ2n) is 3.71. The van der Waals surface area contributed by atoms with E-state index in [2.05, 4.69) is 15.5 Å². The molecule has 0 aliphatic rings. The van der Waals surface area contributed by atoms with Crippen LogP contribution in [0, 0.1) is 0 Å². The summed E-state index contributed by atoms with van der Waals surface area (Å²) in [5, 5.41) is 12.7. The molecule has 0 saturated heterocycles. The number of anilines is 1. The van der Waals surface area contributed by atoms with Gasteiger partial charge in [0.1, 0.15) is 5.01 Å². The summed E-state index contributed by atoms with van der Waals surface area (Å²) >= 11 is 7.18. The van der Waals surface area contributed by atoms with Gasteiger partial charge in [-0.25, -0.2) is 0 Å². The van der Waals surface area contributed by atoms with E-state index in [9.17, 15) is 4.79 Å². The van der Waals surface area contributed by atoms with Crippen LogP contribution in [0.15, 0.2) is 24.3 Å². The van der Waals surface area contributed by atoms with Crippen molar-refractivity contribution in [2.24, 2.45) is 0 Å². The van der Waals surface area contributed by atoms with Crippen LogP contribution in [0.3, 0.4) is 0 Å². The maximum atomic E-state index is 11.8. The van der Waals surface area contributed by atoms with Gasteiger partial charge in [0.2, 0.25) is 11.0 Å². The Hall–Kier alpha value is -1.46. The van der Waals surface area contributed by atoms with E-state index in [0.29, 0.717) is 16.6 Å². The van der Waals surface area contributed by atoms with Crippen LogP contribution in [0.5, 0.6) is 0 Å². The van der Waals surface area contributed by atoms with Gasteiger partial charge in [0, 0.05) is 5.02 Å². The summed E-state index contributed by atoms with van der Waals surface area (Å²) < 4.78 is 0. The Kier molecular flexibility index (Phi) is 4.28. The quantitative estimate of drug-likeness (QED) is 0.937. The van der Waals surface area contributed by atoms with Crippen LogP contribution in [0.25, 0.3) is 0 Å². The first-order chi connectivity index (χ1) is 8.67. The number of carbonyl (C=O) groups is 1. The zero-order chi connectivity index (χ0) is 13.0. The van der Waals surface area contributed by atoms with Crippen molar-refractivity contribution in [3.05, 3.63) is 39.9 Å². The van der Waals surface area contributed by atoms with E-state index in [4.69, 9.17) is 11.6 Å². The molecule has 2 rings (SSSR count). The fourth-order valence-electron chi connectivity index (χ4n) is 1.40. The summed E-state index contributed by atoms with van der Waals surface area (Å²) in [5.41, 5.74) is 0.914. The highest BCUT2D eigenvalue weighted by Gasteiger charge is 2.08. The predicted octanol–water partition coefficient (Wildman–Crippen LogP) is 2.94. The van der Waals surface area contributed by atoms with Crippen molar-refractivity contribution in [2.45, 2.75) is 19.8 Å². The van der Waals surface area contributed by atoms with E-state index in [0.717, 1.165) is 17.0 Å². The minimum absolute atomic E-state index is 0.101. The number of aromatic nitrogens is 2. The predicted molar refractivity (Wildman–Crippen MR) is 73.1 cm³/mol. The van der Waals surface area contributed by atoms with E-state index in [1.807, 2.05) is 19.1 Å². The maximum Gasteiger partial charge on any atom is 0.230 e. The molecule has 0 spiro atoms. The minimum atomic E-state index is -0.101. The molecule has 1 aromatic heterocycles. The number of aryl methyl sites for hydroxylation is 1. The fourth-order valence-corrected chi connectivity index (χ4v) is 2.22. The van der Waals surface area contributed by atoms with Gasteiger partial charge >= 0.3 is 0 Å². The van der Waals surface area contributed by atoms with Gasteiger partial charge in [0.15, 0.2) is 0 Å². The molecule has 0 aliphatic carbocycles. The number of halogens is 1. The summed E-state index contributed by atoms with van der Waals surface area (Å²) in [6.45, 7) is 2.00. The van der Waals surface area contributed by atoms with Crippen LogP contribution < -0.4 is 5.32 Å². The Morgan fingerprint density at radius 2 is 2.06 bits per heavy atom. The lowest BCUT2D eigenvalue weighted by molar-refractivity contribution is -0.115. The van der Waals surface area contributed by atoms with Crippen LogP contribution in [0.1, 0.15) is 17.5 Å². The van der Waals surface area contributed by atoms with Gasteiger partial charge in [-0.15, -0.1) is 10.2 Å². The highest BCUT2D eigenvalue weighted by atomic mass is 35.5. The molecular weight excluding hydrogens is 270 g/mol. The average Bonchev–Trinajstić information content (AvgIpc) is 2.79. The summed E-state index contributed by atoms with van der Waals surface area (Å²) in [6.07, 6.45) is 1.13. The molecule has 0 radical (unpaired) electrons. The van der Waals surface area contributed by atoms with E-state index in [1.54, 1.807) is 12.1 Å². The van der Waals surface area contributed by atoms with Gasteiger partial charge in [0.05, 0.1) is 6.42 Å². The Morgan fingerprint density at radius 1 is 1.33 bits per heavy atom. The number of hydrogen-bond donors (Lipinski definition) is 1. The molecule has 1 N–H and O–H groups in total. The molecule has 0 unspecified atom stereocenters. The first-order valence-corrected chi connectivity index (χ1v) is 6.73. The molecule has 18 heavy (non-hydrogen) atoms. The zero-order valence-corrected chi connectivity index (χ0v) is 11.4. The monoisotopic (exact) mass is 281 g/mol. The summed E-state index contributed by atoms with van der Waals surface area (Å²) in [4.78, 5) is 11.8. The molecule has 1 amide bonds. The van der Waals surface area contributed by atoms with Gasteiger partial charge in [-0.05, 0) is 24.1 Å². The lowest BCUT2D eigenvalue weighted by Gasteiger charge is -2.01. The van der Waals surface area contributed by atoms with Crippen LogP contribution >= 0.6 is 22.9 Å². The van der Waals surface area contributed by atoms with Crippen LogP contribution in [-0.4, -0.2) is 16.1 Å². The fraction of sp³-hybridized carbons (Fsp3) is 0.250. The molecule has 0 saturated carbocycles. The zero-order valence-electron chi connectivity index (χ0n) is 9.81. The lowest BCUT2D eigenvalue weighted by atomic mass is 10.1. The Bertz CT molecular complexity index is 539. The van der Waals surface area contributed by atoms with Crippen molar-refractivity contribution in [1.82, 2.24) is 10.2 Å². The number of nitrogens with one attached hydrogen (secondary N) is 1. The van der Waals surface area contributed by atoms with Gasteiger partial charge in [0.25, 0.3) is 0 Å². The molecule has 1 aromatic carbocycles. The van der Waals surface area contributed by atoms with Crippen LogP contribution in [0.4, 0.5) is 5.13 Å². The first kappa shape index (κ1) is 13.0. The summed E-state index contributed by atoms with van der Waals surface area (Å²) in [7, 11) is 0. The molecule has 1 heterocycles. The van der Waals surface area contributed by atoms with Crippen LogP contribution in [0.2, 0.25) is 5.02 Å².